The summed E-state index contributed by atoms with van der Waals surface area (Å²) in [5, 5.41) is 3.71. The molecule has 1 N–H and O–H groups in total. The minimum Gasteiger partial charge on any atom is -0.313 e. The summed E-state index contributed by atoms with van der Waals surface area (Å²) >= 11 is 6.07. The molecule has 0 amide bonds. The maximum absolute atomic E-state index is 13.0. The summed E-state index contributed by atoms with van der Waals surface area (Å²) in [6.07, 6.45) is 1.03. The third kappa shape index (κ3) is 3.14. The Morgan fingerprint density at radius 1 is 1.16 bits per heavy atom. The van der Waals surface area contributed by atoms with Crippen LogP contribution in [0.1, 0.15) is 24.9 Å². The number of hydrogen-bond donors (Lipinski definition) is 1. The van der Waals surface area contributed by atoms with Gasteiger partial charge in [-0.1, -0.05) is 42.8 Å². The second-order valence-electron chi connectivity index (χ2n) is 4.50. The van der Waals surface area contributed by atoms with E-state index in [1.54, 1.807) is 6.07 Å². The molecule has 0 aliphatic heterocycles. The summed E-state index contributed by atoms with van der Waals surface area (Å²) in [5.41, 5.74) is 3.10. The molecule has 0 fully saturated rings. The molecule has 0 aromatic heterocycles. The summed E-state index contributed by atoms with van der Waals surface area (Å²) in [5.74, 6) is -0.313. The fraction of sp³-hybridized carbons (Fsp3) is 0.250. The lowest BCUT2D eigenvalue weighted by Crippen LogP contribution is -2.14. The van der Waals surface area contributed by atoms with Crippen molar-refractivity contribution in [1.29, 1.82) is 0 Å². The molecule has 2 rings (SSSR count). The predicted molar refractivity (Wildman–Crippen MR) is 78.9 cm³/mol. The first-order valence-corrected chi connectivity index (χ1v) is 6.76. The molecular formula is C16H17ClFN. The zero-order valence-electron chi connectivity index (χ0n) is 11.1. The summed E-state index contributed by atoms with van der Waals surface area (Å²) in [6, 6.07) is 13.0. The van der Waals surface area contributed by atoms with Crippen LogP contribution in [0.4, 0.5) is 4.39 Å². The van der Waals surface area contributed by atoms with Crippen LogP contribution in [-0.4, -0.2) is 7.05 Å². The Hall–Kier alpha value is -1.38. The Morgan fingerprint density at radius 2 is 1.84 bits per heavy atom. The molecule has 0 radical (unpaired) electrons. The van der Waals surface area contributed by atoms with Gasteiger partial charge in [0.05, 0.1) is 5.02 Å². The SMILES string of the molecule is CCC(NC)c1ccc(-c2ccc(F)cc2Cl)cc1. The van der Waals surface area contributed by atoms with Crippen LogP contribution in [0.15, 0.2) is 42.5 Å². The van der Waals surface area contributed by atoms with Crippen molar-refractivity contribution < 1.29 is 4.39 Å². The molecule has 0 heterocycles. The van der Waals surface area contributed by atoms with Crippen LogP contribution in [0, 0.1) is 5.82 Å². The van der Waals surface area contributed by atoms with Gasteiger partial charge in [-0.25, -0.2) is 4.39 Å². The topological polar surface area (TPSA) is 12.0 Å². The number of rotatable bonds is 4. The van der Waals surface area contributed by atoms with Gasteiger partial charge in [0, 0.05) is 11.6 Å². The molecule has 100 valence electrons. The van der Waals surface area contributed by atoms with Crippen molar-refractivity contribution in [2.75, 3.05) is 7.05 Å². The van der Waals surface area contributed by atoms with Gasteiger partial charge in [-0.15, -0.1) is 0 Å². The molecule has 0 aliphatic rings. The van der Waals surface area contributed by atoms with Crippen LogP contribution in [0.3, 0.4) is 0 Å². The second-order valence-corrected chi connectivity index (χ2v) is 4.90. The van der Waals surface area contributed by atoms with E-state index in [-0.39, 0.29) is 5.82 Å². The van der Waals surface area contributed by atoms with Crippen LogP contribution < -0.4 is 5.32 Å². The molecule has 0 aliphatic carbocycles. The van der Waals surface area contributed by atoms with E-state index in [2.05, 4.69) is 24.4 Å². The van der Waals surface area contributed by atoms with Gasteiger partial charge in [0.15, 0.2) is 0 Å². The van der Waals surface area contributed by atoms with Gasteiger partial charge in [-0.3, -0.25) is 0 Å². The first-order chi connectivity index (χ1) is 9.15. The molecule has 1 atom stereocenters. The molecule has 0 bridgehead atoms. The lowest BCUT2D eigenvalue weighted by atomic mass is 9.99. The van der Waals surface area contributed by atoms with E-state index in [1.165, 1.54) is 17.7 Å². The van der Waals surface area contributed by atoms with Crippen LogP contribution >= 0.6 is 11.6 Å². The van der Waals surface area contributed by atoms with Gasteiger partial charge >= 0.3 is 0 Å². The Balaban J connectivity index is 2.32. The highest BCUT2D eigenvalue weighted by Gasteiger charge is 2.08. The predicted octanol–water partition coefficient (Wildman–Crippen LogP) is 4.82. The first kappa shape index (κ1) is 14.0. The quantitative estimate of drug-likeness (QED) is 0.845. The van der Waals surface area contributed by atoms with Crippen molar-refractivity contribution in [2.45, 2.75) is 19.4 Å². The average Bonchev–Trinajstić information content (AvgIpc) is 2.41. The van der Waals surface area contributed by atoms with Gasteiger partial charge in [-0.05, 0) is 42.8 Å². The van der Waals surface area contributed by atoms with Crippen molar-refractivity contribution in [1.82, 2.24) is 5.32 Å². The van der Waals surface area contributed by atoms with E-state index in [0.29, 0.717) is 11.1 Å². The first-order valence-electron chi connectivity index (χ1n) is 6.38. The minimum atomic E-state index is -0.313. The van der Waals surface area contributed by atoms with Crippen molar-refractivity contribution >= 4 is 11.6 Å². The molecule has 1 unspecified atom stereocenters. The maximum atomic E-state index is 13.0. The molecule has 1 nitrogen and oxygen atoms in total. The summed E-state index contributed by atoms with van der Waals surface area (Å²) in [4.78, 5) is 0. The maximum Gasteiger partial charge on any atom is 0.124 e. The zero-order chi connectivity index (χ0) is 13.8. The smallest absolute Gasteiger partial charge is 0.124 e. The summed E-state index contributed by atoms with van der Waals surface area (Å²) in [6.45, 7) is 2.14. The standard InChI is InChI=1S/C16H17ClFN/c1-3-16(19-2)12-6-4-11(5-7-12)14-9-8-13(18)10-15(14)17/h4-10,16,19H,3H2,1-2H3. The van der Waals surface area contributed by atoms with E-state index in [4.69, 9.17) is 11.6 Å². The molecule has 3 heteroatoms. The Morgan fingerprint density at radius 3 is 2.37 bits per heavy atom. The van der Waals surface area contributed by atoms with E-state index in [9.17, 15) is 4.39 Å². The summed E-state index contributed by atoms with van der Waals surface area (Å²) < 4.78 is 13.0. The molecular weight excluding hydrogens is 261 g/mol. The third-order valence-electron chi connectivity index (χ3n) is 3.31. The van der Waals surface area contributed by atoms with E-state index in [0.717, 1.165) is 17.5 Å². The van der Waals surface area contributed by atoms with Crippen LogP contribution in [0.5, 0.6) is 0 Å². The fourth-order valence-electron chi connectivity index (χ4n) is 2.23. The van der Waals surface area contributed by atoms with Crippen LogP contribution in [0.2, 0.25) is 5.02 Å². The highest BCUT2D eigenvalue weighted by Crippen LogP contribution is 2.29. The third-order valence-corrected chi connectivity index (χ3v) is 3.62. The van der Waals surface area contributed by atoms with E-state index < -0.39 is 0 Å². The number of nitrogens with one attached hydrogen (secondary N) is 1. The van der Waals surface area contributed by atoms with Crippen LogP contribution in [0.25, 0.3) is 11.1 Å². The van der Waals surface area contributed by atoms with Crippen molar-refractivity contribution in [3.8, 4) is 11.1 Å². The van der Waals surface area contributed by atoms with Gasteiger partial charge in [-0.2, -0.15) is 0 Å². The number of halogens is 2. The fourth-order valence-corrected chi connectivity index (χ4v) is 2.50. The molecule has 2 aromatic rings. The molecule has 0 saturated heterocycles. The lowest BCUT2D eigenvalue weighted by molar-refractivity contribution is 0.577. The molecule has 0 spiro atoms. The van der Waals surface area contributed by atoms with Gasteiger partial charge in [0.2, 0.25) is 0 Å². The Bertz CT molecular complexity index is 547. The van der Waals surface area contributed by atoms with E-state index in [1.807, 2.05) is 19.2 Å². The number of benzene rings is 2. The summed E-state index contributed by atoms with van der Waals surface area (Å²) in [7, 11) is 1.96. The van der Waals surface area contributed by atoms with Gasteiger partial charge in [0.25, 0.3) is 0 Å². The normalized spacial score (nSPS) is 12.4. The Kier molecular flexibility index (Phi) is 4.56. The van der Waals surface area contributed by atoms with Gasteiger partial charge < -0.3 is 5.32 Å². The van der Waals surface area contributed by atoms with Crippen LogP contribution in [-0.2, 0) is 0 Å². The van der Waals surface area contributed by atoms with Gasteiger partial charge in [0.1, 0.15) is 5.82 Å². The molecule has 19 heavy (non-hydrogen) atoms. The van der Waals surface area contributed by atoms with Crippen molar-refractivity contribution in [2.24, 2.45) is 0 Å². The minimum absolute atomic E-state index is 0.313. The Labute approximate surface area is 118 Å². The second kappa shape index (κ2) is 6.18. The van der Waals surface area contributed by atoms with Crippen molar-refractivity contribution in [3.05, 3.63) is 58.9 Å². The zero-order valence-corrected chi connectivity index (χ0v) is 11.8. The molecule has 2 aromatic carbocycles. The van der Waals surface area contributed by atoms with E-state index >= 15 is 0 Å². The van der Waals surface area contributed by atoms with Crippen molar-refractivity contribution in [3.63, 3.8) is 0 Å². The highest BCUT2D eigenvalue weighted by molar-refractivity contribution is 6.33. The lowest BCUT2D eigenvalue weighted by Gasteiger charge is -2.15. The largest absolute Gasteiger partial charge is 0.313 e. The average molecular weight is 278 g/mol. The monoisotopic (exact) mass is 277 g/mol. The molecule has 0 saturated carbocycles. The number of hydrogen-bond acceptors (Lipinski definition) is 1. The highest BCUT2D eigenvalue weighted by atomic mass is 35.5.